The van der Waals surface area contributed by atoms with Crippen molar-refractivity contribution in [2.75, 3.05) is 6.61 Å². The number of hydrogen-bond donors (Lipinski definition) is 1. The van der Waals surface area contributed by atoms with Gasteiger partial charge < -0.3 is 9.84 Å². The van der Waals surface area contributed by atoms with Crippen LogP contribution >= 0.6 is 11.6 Å². The van der Waals surface area contributed by atoms with Gasteiger partial charge in [-0.25, -0.2) is 4.79 Å². The SMILES string of the molecule is CCOC(=O)C(=Cc1cccc(Cl)c1)CC(=O)O. The molecule has 4 nitrogen and oxygen atoms in total. The van der Waals surface area contributed by atoms with Gasteiger partial charge in [0.05, 0.1) is 13.0 Å². The molecule has 0 radical (unpaired) electrons. The first-order valence-corrected chi connectivity index (χ1v) is 5.75. The Hall–Kier alpha value is -1.81. The second-order valence-corrected chi connectivity index (χ2v) is 3.95. The number of carboxylic acids is 1. The summed E-state index contributed by atoms with van der Waals surface area (Å²) < 4.78 is 4.80. The Morgan fingerprint density at radius 1 is 1.44 bits per heavy atom. The Morgan fingerprint density at radius 2 is 2.17 bits per heavy atom. The van der Waals surface area contributed by atoms with Gasteiger partial charge in [-0.05, 0) is 30.7 Å². The Kier molecular flexibility index (Phi) is 5.39. The topological polar surface area (TPSA) is 63.6 Å². The molecular formula is C13H13ClO4. The Bertz CT molecular complexity index is 480. The maximum atomic E-state index is 11.6. The Morgan fingerprint density at radius 3 is 2.72 bits per heavy atom. The lowest BCUT2D eigenvalue weighted by molar-refractivity contribution is -0.142. The van der Waals surface area contributed by atoms with E-state index in [-0.39, 0.29) is 18.6 Å². The van der Waals surface area contributed by atoms with Crippen molar-refractivity contribution in [3.8, 4) is 0 Å². The van der Waals surface area contributed by atoms with Crippen LogP contribution in [0.25, 0.3) is 6.08 Å². The van der Waals surface area contributed by atoms with Crippen molar-refractivity contribution < 1.29 is 19.4 Å². The highest BCUT2D eigenvalue weighted by Gasteiger charge is 2.14. The first-order chi connectivity index (χ1) is 8.52. The van der Waals surface area contributed by atoms with Gasteiger partial charge in [-0.1, -0.05) is 23.7 Å². The summed E-state index contributed by atoms with van der Waals surface area (Å²) in [4.78, 5) is 22.3. The molecule has 0 bridgehead atoms. The third-order valence-electron chi connectivity index (χ3n) is 2.07. The van der Waals surface area contributed by atoms with Crippen molar-refractivity contribution in [2.45, 2.75) is 13.3 Å². The van der Waals surface area contributed by atoms with E-state index in [1.807, 2.05) is 0 Å². The van der Waals surface area contributed by atoms with Crippen LogP contribution in [0.4, 0.5) is 0 Å². The number of carboxylic acid groups (broad SMARTS) is 1. The van der Waals surface area contributed by atoms with Gasteiger partial charge in [0, 0.05) is 10.6 Å². The van der Waals surface area contributed by atoms with Crippen molar-refractivity contribution in [2.24, 2.45) is 0 Å². The number of ether oxygens (including phenoxy) is 1. The number of hydrogen-bond acceptors (Lipinski definition) is 3. The zero-order valence-corrected chi connectivity index (χ0v) is 10.6. The zero-order valence-electron chi connectivity index (χ0n) is 9.85. The fourth-order valence-electron chi connectivity index (χ4n) is 1.37. The maximum absolute atomic E-state index is 11.6. The number of benzene rings is 1. The van der Waals surface area contributed by atoms with E-state index in [0.29, 0.717) is 10.6 Å². The van der Waals surface area contributed by atoms with Crippen LogP contribution in [0.3, 0.4) is 0 Å². The lowest BCUT2D eigenvalue weighted by atomic mass is 10.1. The third-order valence-corrected chi connectivity index (χ3v) is 2.30. The van der Waals surface area contributed by atoms with E-state index in [1.165, 1.54) is 6.08 Å². The van der Waals surface area contributed by atoms with Gasteiger partial charge in [0.15, 0.2) is 0 Å². The second-order valence-electron chi connectivity index (χ2n) is 3.52. The van der Waals surface area contributed by atoms with Crippen LogP contribution in [0.15, 0.2) is 29.8 Å². The van der Waals surface area contributed by atoms with E-state index in [0.717, 1.165) is 0 Å². The van der Waals surface area contributed by atoms with Gasteiger partial charge in [0.1, 0.15) is 0 Å². The number of aliphatic carboxylic acids is 1. The van der Waals surface area contributed by atoms with Crippen LogP contribution in [0.5, 0.6) is 0 Å². The van der Waals surface area contributed by atoms with E-state index >= 15 is 0 Å². The molecule has 0 saturated heterocycles. The normalized spacial score (nSPS) is 11.1. The minimum Gasteiger partial charge on any atom is -0.481 e. The van der Waals surface area contributed by atoms with Gasteiger partial charge >= 0.3 is 11.9 Å². The average molecular weight is 269 g/mol. The van der Waals surface area contributed by atoms with Crippen molar-refractivity contribution in [3.63, 3.8) is 0 Å². The van der Waals surface area contributed by atoms with Crippen LogP contribution in [0, 0.1) is 0 Å². The summed E-state index contributed by atoms with van der Waals surface area (Å²) in [5.74, 6) is -1.71. The highest BCUT2D eigenvalue weighted by atomic mass is 35.5. The quantitative estimate of drug-likeness (QED) is 0.659. The standard InChI is InChI=1S/C13H13ClO4/c1-2-18-13(17)10(8-12(15)16)6-9-4-3-5-11(14)7-9/h3-7H,2,8H2,1H3,(H,15,16). The van der Waals surface area contributed by atoms with E-state index < -0.39 is 11.9 Å². The van der Waals surface area contributed by atoms with E-state index in [2.05, 4.69) is 0 Å². The lowest BCUT2D eigenvalue weighted by Crippen LogP contribution is -2.11. The van der Waals surface area contributed by atoms with Crippen molar-refractivity contribution >= 4 is 29.6 Å². The Labute approximate surface area is 110 Å². The van der Waals surface area contributed by atoms with Crippen molar-refractivity contribution in [1.29, 1.82) is 0 Å². The molecule has 0 aliphatic rings. The molecule has 0 spiro atoms. The van der Waals surface area contributed by atoms with E-state index in [4.69, 9.17) is 21.4 Å². The molecule has 0 unspecified atom stereocenters. The van der Waals surface area contributed by atoms with E-state index in [9.17, 15) is 9.59 Å². The Balaban J connectivity index is 3.01. The van der Waals surface area contributed by atoms with Crippen molar-refractivity contribution in [1.82, 2.24) is 0 Å². The predicted molar refractivity (Wildman–Crippen MR) is 68.3 cm³/mol. The summed E-state index contributed by atoms with van der Waals surface area (Å²) in [7, 11) is 0. The summed E-state index contributed by atoms with van der Waals surface area (Å²) in [6.07, 6.45) is 1.09. The van der Waals surface area contributed by atoms with Gasteiger partial charge in [0.25, 0.3) is 0 Å². The predicted octanol–water partition coefficient (Wildman–Crippen LogP) is 2.76. The lowest BCUT2D eigenvalue weighted by Gasteiger charge is -2.05. The van der Waals surface area contributed by atoms with Crippen LogP contribution in [0.1, 0.15) is 18.9 Å². The van der Waals surface area contributed by atoms with Gasteiger partial charge in [0.2, 0.25) is 0 Å². The van der Waals surface area contributed by atoms with Gasteiger partial charge in [-0.15, -0.1) is 0 Å². The summed E-state index contributed by atoms with van der Waals surface area (Å²) in [6.45, 7) is 1.86. The molecule has 0 saturated carbocycles. The molecule has 0 aliphatic heterocycles. The molecule has 1 rings (SSSR count). The molecule has 0 fully saturated rings. The summed E-state index contributed by atoms with van der Waals surface area (Å²) in [5, 5.41) is 9.27. The highest BCUT2D eigenvalue weighted by molar-refractivity contribution is 6.30. The first-order valence-electron chi connectivity index (χ1n) is 5.38. The minimum absolute atomic E-state index is 0.0895. The zero-order chi connectivity index (χ0) is 13.5. The molecule has 0 atom stereocenters. The summed E-state index contributed by atoms with van der Waals surface area (Å²) in [6, 6.07) is 6.79. The highest BCUT2D eigenvalue weighted by Crippen LogP contribution is 2.16. The fourth-order valence-corrected chi connectivity index (χ4v) is 1.57. The average Bonchev–Trinajstić information content (AvgIpc) is 2.28. The maximum Gasteiger partial charge on any atom is 0.334 e. The fraction of sp³-hybridized carbons (Fsp3) is 0.231. The summed E-state index contributed by atoms with van der Waals surface area (Å²) >= 11 is 5.81. The largest absolute Gasteiger partial charge is 0.481 e. The molecule has 1 N–H and O–H groups in total. The molecule has 0 aliphatic carbocycles. The summed E-state index contributed by atoms with van der Waals surface area (Å²) in [5.41, 5.74) is 0.749. The molecule has 0 amide bonds. The van der Waals surface area contributed by atoms with E-state index in [1.54, 1.807) is 31.2 Å². The van der Waals surface area contributed by atoms with Crippen LogP contribution in [-0.4, -0.2) is 23.7 Å². The second kappa shape index (κ2) is 6.81. The van der Waals surface area contributed by atoms with Crippen LogP contribution < -0.4 is 0 Å². The molecule has 1 aromatic rings. The molecule has 0 heterocycles. The third kappa shape index (κ3) is 4.59. The molecule has 18 heavy (non-hydrogen) atoms. The number of carbonyl (C=O) groups is 2. The van der Waals surface area contributed by atoms with Crippen LogP contribution in [-0.2, 0) is 14.3 Å². The number of rotatable bonds is 5. The molecule has 5 heteroatoms. The molecule has 1 aromatic carbocycles. The monoisotopic (exact) mass is 268 g/mol. The smallest absolute Gasteiger partial charge is 0.334 e. The van der Waals surface area contributed by atoms with Gasteiger partial charge in [-0.2, -0.15) is 0 Å². The first kappa shape index (κ1) is 14.3. The number of esters is 1. The molecular weight excluding hydrogens is 256 g/mol. The van der Waals surface area contributed by atoms with Gasteiger partial charge in [-0.3, -0.25) is 4.79 Å². The number of halogens is 1. The number of carbonyl (C=O) groups excluding carboxylic acids is 1. The minimum atomic E-state index is -1.09. The molecule has 96 valence electrons. The molecule has 0 aromatic heterocycles. The van der Waals surface area contributed by atoms with Crippen molar-refractivity contribution in [3.05, 3.63) is 40.4 Å². The van der Waals surface area contributed by atoms with Crippen LogP contribution in [0.2, 0.25) is 5.02 Å².